The number of aromatic nitrogens is 1. The van der Waals surface area contributed by atoms with Crippen molar-refractivity contribution in [3.05, 3.63) is 16.1 Å². The Morgan fingerprint density at radius 3 is 2.78 bits per heavy atom. The lowest BCUT2D eigenvalue weighted by atomic mass is 10.4. The van der Waals surface area contributed by atoms with Gasteiger partial charge in [-0.15, -0.1) is 35.3 Å². The number of ether oxygens (including phenoxy) is 1. The maximum Gasteiger partial charge on any atom is 0.191 e. The molecule has 0 aliphatic rings. The van der Waals surface area contributed by atoms with Crippen molar-refractivity contribution in [2.75, 3.05) is 46.9 Å². The Hall–Kier alpha value is -0.450. The molecule has 1 rings (SSSR count). The van der Waals surface area contributed by atoms with Crippen molar-refractivity contribution >= 4 is 41.3 Å². The van der Waals surface area contributed by atoms with Crippen molar-refractivity contribution in [2.24, 2.45) is 4.99 Å². The SMILES string of the molecule is CCNC(=NCc1ncc(C)s1)NCCN(C)CCCOC.I. The lowest BCUT2D eigenvalue weighted by molar-refractivity contribution is 0.180. The minimum Gasteiger partial charge on any atom is -0.385 e. The molecule has 0 aliphatic carbocycles. The third-order valence-corrected chi connectivity index (χ3v) is 3.96. The molecular formula is C15H30IN5OS. The molecule has 1 aromatic heterocycles. The van der Waals surface area contributed by atoms with Gasteiger partial charge in [-0.3, -0.25) is 0 Å². The molecule has 0 amide bonds. The van der Waals surface area contributed by atoms with Gasteiger partial charge in [-0.2, -0.15) is 0 Å². The van der Waals surface area contributed by atoms with E-state index >= 15 is 0 Å². The summed E-state index contributed by atoms with van der Waals surface area (Å²) in [6.45, 7) is 9.31. The summed E-state index contributed by atoms with van der Waals surface area (Å²) in [5.41, 5.74) is 0. The molecular weight excluding hydrogens is 425 g/mol. The number of guanidine groups is 1. The molecule has 0 saturated heterocycles. The van der Waals surface area contributed by atoms with Gasteiger partial charge in [0.15, 0.2) is 5.96 Å². The molecule has 0 radical (unpaired) electrons. The zero-order valence-electron chi connectivity index (χ0n) is 14.6. The fourth-order valence-corrected chi connectivity index (χ4v) is 2.63. The fourth-order valence-electron chi connectivity index (χ4n) is 1.92. The van der Waals surface area contributed by atoms with E-state index in [0.29, 0.717) is 6.54 Å². The molecule has 0 bridgehead atoms. The third-order valence-electron chi connectivity index (χ3n) is 3.06. The molecule has 23 heavy (non-hydrogen) atoms. The summed E-state index contributed by atoms with van der Waals surface area (Å²) in [5, 5.41) is 7.67. The first-order chi connectivity index (χ1) is 10.7. The van der Waals surface area contributed by atoms with Crippen LogP contribution in [0.15, 0.2) is 11.2 Å². The van der Waals surface area contributed by atoms with Crippen molar-refractivity contribution in [1.82, 2.24) is 20.5 Å². The summed E-state index contributed by atoms with van der Waals surface area (Å²) in [7, 11) is 3.87. The van der Waals surface area contributed by atoms with Crippen molar-refractivity contribution < 1.29 is 4.74 Å². The van der Waals surface area contributed by atoms with Gasteiger partial charge in [0.1, 0.15) is 5.01 Å². The highest BCUT2D eigenvalue weighted by atomic mass is 127. The van der Waals surface area contributed by atoms with E-state index in [9.17, 15) is 0 Å². The molecule has 1 heterocycles. The summed E-state index contributed by atoms with van der Waals surface area (Å²) in [4.78, 5) is 12.4. The van der Waals surface area contributed by atoms with Crippen LogP contribution in [-0.2, 0) is 11.3 Å². The number of methoxy groups -OCH3 is 1. The number of nitrogens with one attached hydrogen (secondary N) is 2. The Morgan fingerprint density at radius 2 is 2.17 bits per heavy atom. The van der Waals surface area contributed by atoms with Gasteiger partial charge >= 0.3 is 0 Å². The molecule has 0 aromatic carbocycles. The number of nitrogens with zero attached hydrogens (tertiary/aromatic N) is 3. The molecule has 0 unspecified atom stereocenters. The molecule has 0 atom stereocenters. The molecule has 6 nitrogen and oxygen atoms in total. The zero-order valence-corrected chi connectivity index (χ0v) is 17.7. The van der Waals surface area contributed by atoms with Crippen molar-refractivity contribution in [3.8, 4) is 0 Å². The first-order valence-corrected chi connectivity index (χ1v) is 8.58. The molecule has 0 saturated carbocycles. The molecule has 134 valence electrons. The average Bonchev–Trinajstić information content (AvgIpc) is 2.91. The highest BCUT2D eigenvalue weighted by Crippen LogP contribution is 2.11. The first kappa shape index (κ1) is 22.6. The van der Waals surface area contributed by atoms with E-state index in [1.54, 1.807) is 18.4 Å². The second-order valence-electron chi connectivity index (χ2n) is 5.14. The van der Waals surface area contributed by atoms with E-state index in [1.165, 1.54) is 4.88 Å². The van der Waals surface area contributed by atoms with Gasteiger partial charge < -0.3 is 20.3 Å². The predicted molar refractivity (Wildman–Crippen MR) is 109 cm³/mol. The molecule has 0 fully saturated rings. The molecule has 2 N–H and O–H groups in total. The minimum atomic E-state index is 0. The van der Waals surface area contributed by atoms with Gasteiger partial charge in [0.25, 0.3) is 0 Å². The van der Waals surface area contributed by atoms with Crippen LogP contribution in [0.1, 0.15) is 23.2 Å². The average molecular weight is 455 g/mol. The van der Waals surface area contributed by atoms with Gasteiger partial charge in [0.05, 0.1) is 6.54 Å². The van der Waals surface area contributed by atoms with Crippen LogP contribution in [0.4, 0.5) is 0 Å². The first-order valence-electron chi connectivity index (χ1n) is 7.76. The standard InChI is InChI=1S/C15H29N5OS.HI/c1-5-16-15(19-12-14-18-11-13(2)22-14)17-7-9-20(3)8-6-10-21-4;/h11H,5-10,12H2,1-4H3,(H2,16,17,19);1H. The number of thiazole rings is 1. The Morgan fingerprint density at radius 1 is 1.39 bits per heavy atom. The second kappa shape index (κ2) is 13.9. The van der Waals surface area contributed by atoms with E-state index in [4.69, 9.17) is 4.74 Å². The van der Waals surface area contributed by atoms with Crippen LogP contribution >= 0.6 is 35.3 Å². The highest BCUT2D eigenvalue weighted by Gasteiger charge is 2.02. The van der Waals surface area contributed by atoms with Gasteiger partial charge in [-0.05, 0) is 27.3 Å². The van der Waals surface area contributed by atoms with Crippen LogP contribution in [0, 0.1) is 6.92 Å². The summed E-state index contributed by atoms with van der Waals surface area (Å²) in [6, 6.07) is 0. The summed E-state index contributed by atoms with van der Waals surface area (Å²) >= 11 is 1.69. The van der Waals surface area contributed by atoms with Crippen LogP contribution in [0.5, 0.6) is 0 Å². The fraction of sp³-hybridized carbons (Fsp3) is 0.733. The third kappa shape index (κ3) is 10.9. The number of aliphatic imine (C=N–C) groups is 1. The topological polar surface area (TPSA) is 61.8 Å². The van der Waals surface area contributed by atoms with Crippen molar-refractivity contribution in [2.45, 2.75) is 26.8 Å². The lowest BCUT2D eigenvalue weighted by Gasteiger charge is -2.18. The Balaban J connectivity index is 0.00000484. The molecule has 1 aromatic rings. The monoisotopic (exact) mass is 455 g/mol. The molecule has 8 heteroatoms. The maximum atomic E-state index is 5.07. The Labute approximate surface area is 161 Å². The van der Waals surface area contributed by atoms with Gasteiger partial charge in [-0.25, -0.2) is 9.98 Å². The van der Waals surface area contributed by atoms with Crippen LogP contribution < -0.4 is 10.6 Å². The van der Waals surface area contributed by atoms with Crippen molar-refractivity contribution in [1.29, 1.82) is 0 Å². The van der Waals surface area contributed by atoms with E-state index in [2.05, 4.69) is 46.4 Å². The largest absolute Gasteiger partial charge is 0.385 e. The van der Waals surface area contributed by atoms with Crippen LogP contribution in [0.25, 0.3) is 0 Å². The summed E-state index contributed by atoms with van der Waals surface area (Å²) in [6.07, 6.45) is 2.95. The van der Waals surface area contributed by atoms with Crippen LogP contribution in [0.2, 0.25) is 0 Å². The summed E-state index contributed by atoms with van der Waals surface area (Å²) < 4.78 is 5.07. The molecule has 0 aliphatic heterocycles. The van der Waals surface area contributed by atoms with Gasteiger partial charge in [-0.1, -0.05) is 0 Å². The number of aryl methyl sites for hydroxylation is 1. The smallest absolute Gasteiger partial charge is 0.191 e. The van der Waals surface area contributed by atoms with E-state index in [0.717, 1.165) is 50.2 Å². The maximum absolute atomic E-state index is 5.07. The Bertz CT molecular complexity index is 441. The van der Waals surface area contributed by atoms with Crippen LogP contribution in [-0.4, -0.2) is 62.8 Å². The number of rotatable bonds is 10. The number of hydrogen-bond acceptors (Lipinski definition) is 5. The number of halogens is 1. The predicted octanol–water partition coefficient (Wildman–Crippen LogP) is 2.09. The van der Waals surface area contributed by atoms with E-state index in [-0.39, 0.29) is 24.0 Å². The van der Waals surface area contributed by atoms with Crippen molar-refractivity contribution in [3.63, 3.8) is 0 Å². The molecule has 0 spiro atoms. The van der Waals surface area contributed by atoms with Gasteiger partial charge in [0.2, 0.25) is 0 Å². The number of likely N-dealkylation sites (N-methyl/N-ethyl adjacent to an activating group) is 1. The van der Waals surface area contributed by atoms with E-state index in [1.807, 2.05) is 6.20 Å². The quantitative estimate of drug-likeness (QED) is 0.245. The normalized spacial score (nSPS) is 11.4. The second-order valence-corrected chi connectivity index (χ2v) is 6.46. The zero-order chi connectivity index (χ0) is 16.2. The van der Waals surface area contributed by atoms with Crippen LogP contribution in [0.3, 0.4) is 0 Å². The lowest BCUT2D eigenvalue weighted by Crippen LogP contribution is -2.41. The Kier molecular flexibility index (Phi) is 13.7. The van der Waals surface area contributed by atoms with E-state index < -0.39 is 0 Å². The summed E-state index contributed by atoms with van der Waals surface area (Å²) in [5.74, 6) is 0.848. The number of hydrogen-bond donors (Lipinski definition) is 2. The van der Waals surface area contributed by atoms with Gasteiger partial charge in [0, 0.05) is 51.0 Å². The highest BCUT2D eigenvalue weighted by molar-refractivity contribution is 14.0. The minimum absolute atomic E-state index is 0.